The molecule has 0 saturated carbocycles. The van der Waals surface area contributed by atoms with Crippen molar-refractivity contribution in [1.29, 1.82) is 0 Å². The predicted molar refractivity (Wildman–Crippen MR) is 67.2 cm³/mol. The Hall–Kier alpha value is -1.28. The first-order valence-electron chi connectivity index (χ1n) is 5.64. The van der Waals surface area contributed by atoms with Gasteiger partial charge in [-0.15, -0.1) is 0 Å². The molecular weight excluding hydrogens is 258 g/mol. The van der Waals surface area contributed by atoms with Crippen LogP contribution in [0.5, 0.6) is 0 Å². The van der Waals surface area contributed by atoms with Crippen LogP contribution in [0.3, 0.4) is 0 Å². The molecule has 102 valence electrons. The van der Waals surface area contributed by atoms with Crippen LogP contribution in [0.25, 0.3) is 0 Å². The highest BCUT2D eigenvalue weighted by molar-refractivity contribution is 7.80. The number of carboxylic acid groups (broad SMARTS) is 1. The number of nitrogens with one attached hydrogen (secondary N) is 1. The lowest BCUT2D eigenvalue weighted by molar-refractivity contribution is -0.143. The average molecular weight is 275 g/mol. The first-order valence-corrected chi connectivity index (χ1v) is 6.28. The van der Waals surface area contributed by atoms with Crippen LogP contribution in [0, 0.1) is 0 Å². The summed E-state index contributed by atoms with van der Waals surface area (Å²) in [6.07, 6.45) is 1.24. The third-order valence-corrected chi connectivity index (χ3v) is 3.21. The van der Waals surface area contributed by atoms with Gasteiger partial charge in [-0.25, -0.2) is 4.79 Å². The number of aliphatic carboxylic acids is 1. The van der Waals surface area contributed by atoms with Crippen molar-refractivity contribution in [3.05, 3.63) is 0 Å². The smallest absolute Gasteiger partial charge is 0.327 e. The second-order valence-corrected chi connectivity index (χ2v) is 4.40. The highest BCUT2D eigenvalue weighted by Gasteiger charge is 2.34. The maximum Gasteiger partial charge on any atom is 0.327 e. The first-order chi connectivity index (χ1) is 8.51. The number of amides is 2. The van der Waals surface area contributed by atoms with Gasteiger partial charge in [0.25, 0.3) is 0 Å². The van der Waals surface area contributed by atoms with Crippen LogP contribution in [-0.4, -0.2) is 58.7 Å². The number of likely N-dealkylation sites (tertiary alicyclic amines) is 1. The van der Waals surface area contributed by atoms with E-state index < -0.39 is 24.0 Å². The van der Waals surface area contributed by atoms with Gasteiger partial charge in [-0.3, -0.25) is 9.59 Å². The molecule has 1 saturated heterocycles. The molecule has 0 aliphatic carbocycles. The molecule has 2 amide bonds. The van der Waals surface area contributed by atoms with Gasteiger partial charge in [0.05, 0.1) is 6.54 Å². The zero-order valence-electron chi connectivity index (χ0n) is 9.83. The van der Waals surface area contributed by atoms with Gasteiger partial charge in [0.1, 0.15) is 12.1 Å². The van der Waals surface area contributed by atoms with Crippen LogP contribution < -0.4 is 11.1 Å². The second kappa shape index (κ2) is 6.60. The van der Waals surface area contributed by atoms with E-state index in [-0.39, 0.29) is 18.2 Å². The minimum Gasteiger partial charge on any atom is -0.480 e. The van der Waals surface area contributed by atoms with E-state index in [0.29, 0.717) is 19.4 Å². The summed E-state index contributed by atoms with van der Waals surface area (Å²) in [7, 11) is 0. The number of hydrogen-bond donors (Lipinski definition) is 4. The van der Waals surface area contributed by atoms with Crippen LogP contribution in [-0.2, 0) is 14.4 Å². The molecule has 1 aliphatic rings. The molecule has 8 heteroatoms. The molecule has 0 aromatic carbocycles. The Morgan fingerprint density at radius 3 is 2.67 bits per heavy atom. The fraction of sp³-hybridized carbons (Fsp3) is 0.700. The Balaban J connectivity index is 2.65. The molecule has 1 fully saturated rings. The number of carboxylic acids is 1. The molecule has 1 rings (SSSR count). The quantitative estimate of drug-likeness (QED) is 0.453. The van der Waals surface area contributed by atoms with E-state index in [1.54, 1.807) is 0 Å². The molecule has 0 spiro atoms. The predicted octanol–water partition coefficient (Wildman–Crippen LogP) is -1.56. The number of nitrogens with zero attached hydrogens (tertiary/aromatic N) is 1. The lowest BCUT2D eigenvalue weighted by atomic mass is 10.2. The lowest BCUT2D eigenvalue weighted by Gasteiger charge is -2.24. The van der Waals surface area contributed by atoms with Crippen molar-refractivity contribution in [3.8, 4) is 0 Å². The molecule has 18 heavy (non-hydrogen) atoms. The van der Waals surface area contributed by atoms with Gasteiger partial charge in [-0.1, -0.05) is 0 Å². The Bertz CT molecular complexity index is 350. The zero-order chi connectivity index (χ0) is 13.7. The maximum atomic E-state index is 11.9. The summed E-state index contributed by atoms with van der Waals surface area (Å²) in [6.45, 7) is 0.325. The molecular formula is C10H17N3O4S. The van der Waals surface area contributed by atoms with E-state index >= 15 is 0 Å². The Kier molecular flexibility index (Phi) is 5.42. The van der Waals surface area contributed by atoms with Gasteiger partial charge in [-0.05, 0) is 12.8 Å². The number of carbonyl (C=O) groups excluding carboxylic acids is 2. The van der Waals surface area contributed by atoms with Gasteiger partial charge >= 0.3 is 5.97 Å². The SMILES string of the molecule is NCC(=O)N1CCCC1C(=O)NC(CS)C(=O)O. The second-order valence-electron chi connectivity index (χ2n) is 4.03. The summed E-state index contributed by atoms with van der Waals surface area (Å²) in [5.41, 5.74) is 5.26. The standard InChI is InChI=1S/C10H17N3O4S/c11-4-8(14)13-3-1-2-7(13)9(15)12-6(5-18)10(16)17/h6-7,18H,1-5,11H2,(H,12,15)(H,16,17). The number of rotatable bonds is 5. The van der Waals surface area contributed by atoms with Gasteiger partial charge in [0, 0.05) is 12.3 Å². The Morgan fingerprint density at radius 1 is 1.50 bits per heavy atom. The molecule has 0 radical (unpaired) electrons. The van der Waals surface area contributed by atoms with E-state index in [1.165, 1.54) is 4.90 Å². The van der Waals surface area contributed by atoms with Crippen molar-refractivity contribution in [3.63, 3.8) is 0 Å². The van der Waals surface area contributed by atoms with Crippen molar-refractivity contribution in [2.24, 2.45) is 5.73 Å². The zero-order valence-corrected chi connectivity index (χ0v) is 10.7. The van der Waals surface area contributed by atoms with Crippen molar-refractivity contribution in [2.45, 2.75) is 24.9 Å². The minimum atomic E-state index is -1.15. The molecule has 1 aliphatic heterocycles. The highest BCUT2D eigenvalue weighted by atomic mass is 32.1. The van der Waals surface area contributed by atoms with Crippen molar-refractivity contribution in [2.75, 3.05) is 18.8 Å². The maximum absolute atomic E-state index is 11.9. The van der Waals surface area contributed by atoms with Crippen molar-refractivity contribution >= 4 is 30.4 Å². The molecule has 0 aromatic rings. The van der Waals surface area contributed by atoms with Crippen molar-refractivity contribution in [1.82, 2.24) is 10.2 Å². The molecule has 1 heterocycles. The van der Waals surface area contributed by atoms with Gasteiger partial charge < -0.3 is 21.1 Å². The summed E-state index contributed by atoms with van der Waals surface area (Å²) in [6, 6.07) is -1.67. The normalized spacial score (nSPS) is 20.6. The fourth-order valence-electron chi connectivity index (χ4n) is 1.91. The third-order valence-electron chi connectivity index (χ3n) is 2.85. The average Bonchev–Trinajstić information content (AvgIpc) is 2.83. The molecule has 4 N–H and O–H groups in total. The Labute approximate surface area is 110 Å². The van der Waals surface area contributed by atoms with E-state index in [9.17, 15) is 14.4 Å². The molecule has 2 unspecified atom stereocenters. The van der Waals surface area contributed by atoms with E-state index in [2.05, 4.69) is 17.9 Å². The largest absolute Gasteiger partial charge is 0.480 e. The highest BCUT2D eigenvalue weighted by Crippen LogP contribution is 2.17. The van der Waals surface area contributed by atoms with E-state index in [4.69, 9.17) is 10.8 Å². The van der Waals surface area contributed by atoms with E-state index in [1.807, 2.05) is 0 Å². The van der Waals surface area contributed by atoms with Crippen LogP contribution in [0.2, 0.25) is 0 Å². The van der Waals surface area contributed by atoms with Crippen LogP contribution in [0.1, 0.15) is 12.8 Å². The molecule has 2 atom stereocenters. The number of hydrogen-bond acceptors (Lipinski definition) is 5. The monoisotopic (exact) mass is 275 g/mol. The first kappa shape index (κ1) is 14.8. The fourth-order valence-corrected chi connectivity index (χ4v) is 2.16. The van der Waals surface area contributed by atoms with Gasteiger partial charge in [-0.2, -0.15) is 12.6 Å². The third kappa shape index (κ3) is 3.36. The number of thiol groups is 1. The number of carbonyl (C=O) groups is 3. The molecule has 7 nitrogen and oxygen atoms in total. The van der Waals surface area contributed by atoms with E-state index in [0.717, 1.165) is 0 Å². The summed E-state index contributed by atoms with van der Waals surface area (Å²) in [5, 5.41) is 11.2. The summed E-state index contributed by atoms with van der Waals surface area (Å²) < 4.78 is 0. The summed E-state index contributed by atoms with van der Waals surface area (Å²) >= 11 is 3.86. The Morgan fingerprint density at radius 2 is 2.17 bits per heavy atom. The van der Waals surface area contributed by atoms with Crippen LogP contribution in [0.4, 0.5) is 0 Å². The topological polar surface area (TPSA) is 113 Å². The minimum absolute atomic E-state index is 0.00136. The number of nitrogens with two attached hydrogens (primary N) is 1. The molecule has 0 aromatic heterocycles. The van der Waals surface area contributed by atoms with Gasteiger partial charge in [0.2, 0.25) is 11.8 Å². The lowest BCUT2D eigenvalue weighted by Crippen LogP contribution is -2.52. The molecule has 0 bridgehead atoms. The van der Waals surface area contributed by atoms with Crippen LogP contribution >= 0.6 is 12.6 Å². The summed E-state index contributed by atoms with van der Waals surface area (Å²) in [5.74, 6) is -1.91. The van der Waals surface area contributed by atoms with Crippen LogP contribution in [0.15, 0.2) is 0 Å². The summed E-state index contributed by atoms with van der Waals surface area (Å²) in [4.78, 5) is 35.6. The van der Waals surface area contributed by atoms with Crippen molar-refractivity contribution < 1.29 is 19.5 Å². The van der Waals surface area contributed by atoms with Gasteiger partial charge in [0.15, 0.2) is 0 Å².